The topological polar surface area (TPSA) is 16.3 Å². The molecule has 2 heterocycles. The number of nitrogens with zero attached hydrogens (tertiary/aromatic N) is 4. The highest BCUT2D eigenvalue weighted by Gasteiger charge is 2.24. The summed E-state index contributed by atoms with van der Waals surface area (Å²) in [5.41, 5.74) is 4.61. The Morgan fingerprint density at radius 3 is 1.24 bits per heavy atom. The third-order valence-corrected chi connectivity index (χ3v) is 8.38. The molecule has 0 amide bonds. The van der Waals surface area contributed by atoms with Crippen LogP contribution in [0.2, 0.25) is 0 Å². The minimum atomic E-state index is 1.12. The first kappa shape index (κ1) is 24.3. The summed E-state index contributed by atoms with van der Waals surface area (Å²) in [6, 6.07) is 48.1. The number of hydrogen-bond acceptors (Lipinski definition) is 2. The van der Waals surface area contributed by atoms with E-state index in [1.54, 1.807) is 0 Å². The first-order chi connectivity index (χ1) is 20.7. The average Bonchev–Trinajstić information content (AvgIpc) is 3.65. The maximum absolute atomic E-state index is 2.38. The van der Waals surface area contributed by atoms with E-state index < -0.39 is 0 Å². The van der Waals surface area contributed by atoms with Gasteiger partial charge in [-0.25, -0.2) is 0 Å². The molecule has 4 heteroatoms. The minimum Gasteiger partial charge on any atom is -0.337 e. The van der Waals surface area contributed by atoms with Crippen LogP contribution in [0.4, 0.5) is 34.4 Å². The average molecular weight is 543 g/mol. The molecule has 8 aromatic rings. The van der Waals surface area contributed by atoms with Gasteiger partial charge in [-0.3, -0.25) is 9.80 Å². The molecule has 8 rings (SSSR count). The smallest absolute Gasteiger partial charge is 0.117 e. The van der Waals surface area contributed by atoms with Crippen LogP contribution in [0.25, 0.3) is 32.3 Å². The van der Waals surface area contributed by atoms with Crippen molar-refractivity contribution >= 4 is 66.7 Å². The molecule has 0 N–H and O–H groups in total. The maximum Gasteiger partial charge on any atom is 0.117 e. The predicted octanol–water partition coefficient (Wildman–Crippen LogP) is 10.2. The zero-order chi connectivity index (χ0) is 28.2. The largest absolute Gasteiger partial charge is 0.337 e. The molecule has 42 heavy (non-hydrogen) atoms. The van der Waals surface area contributed by atoms with Gasteiger partial charge in [0.25, 0.3) is 0 Å². The molecule has 0 spiro atoms. The fraction of sp³-hybridized carbons (Fsp3) is 0.0526. The normalized spacial score (nSPS) is 11.6. The van der Waals surface area contributed by atoms with Gasteiger partial charge in [-0.2, -0.15) is 0 Å². The van der Waals surface area contributed by atoms with Crippen LogP contribution < -0.4 is 9.80 Å². The molecule has 202 valence electrons. The molecule has 4 nitrogen and oxygen atoms in total. The lowest BCUT2D eigenvalue weighted by Crippen LogP contribution is -2.15. The molecule has 2 aromatic heterocycles. The summed E-state index contributed by atoms with van der Waals surface area (Å²) >= 11 is 0. The zero-order valence-corrected chi connectivity index (χ0v) is 23.6. The Hall–Kier alpha value is -5.48. The number of aromatic nitrogens is 2. The lowest BCUT2D eigenvalue weighted by molar-refractivity contribution is 0.913. The summed E-state index contributed by atoms with van der Waals surface area (Å²) < 4.78 is 4.37. The fourth-order valence-electron chi connectivity index (χ4n) is 6.50. The first-order valence-electron chi connectivity index (χ1n) is 14.3. The van der Waals surface area contributed by atoms with Crippen LogP contribution in [0.3, 0.4) is 0 Å². The second-order valence-electron chi connectivity index (χ2n) is 10.9. The van der Waals surface area contributed by atoms with Crippen molar-refractivity contribution in [3.8, 4) is 0 Å². The summed E-state index contributed by atoms with van der Waals surface area (Å²) in [6.45, 7) is 0. The van der Waals surface area contributed by atoms with E-state index >= 15 is 0 Å². The van der Waals surface area contributed by atoms with Gasteiger partial charge in [0, 0.05) is 48.6 Å². The third kappa shape index (κ3) is 3.69. The first-order valence-corrected chi connectivity index (χ1v) is 14.3. The number of para-hydroxylation sites is 2. The van der Waals surface area contributed by atoms with Crippen LogP contribution in [-0.2, 0) is 14.1 Å². The third-order valence-electron chi connectivity index (χ3n) is 8.38. The Morgan fingerprint density at radius 2 is 0.857 bits per heavy atom. The van der Waals surface area contributed by atoms with Crippen molar-refractivity contribution in [2.45, 2.75) is 0 Å². The van der Waals surface area contributed by atoms with Crippen molar-refractivity contribution in [2.24, 2.45) is 14.1 Å². The highest BCUT2D eigenvalue weighted by molar-refractivity contribution is 6.29. The van der Waals surface area contributed by atoms with Crippen LogP contribution in [0.15, 0.2) is 146 Å². The van der Waals surface area contributed by atoms with E-state index in [0.717, 1.165) is 23.0 Å². The summed E-state index contributed by atoms with van der Waals surface area (Å²) in [6.07, 6.45) is 4.22. The van der Waals surface area contributed by atoms with Gasteiger partial charge >= 0.3 is 0 Å². The standard InChI is InChI=1S/C38H30N4/c1-39-23-11-21-35(39)41(29-15-5-3-6-16-29)33-25-27-13-10-20-32-34(26-28-14-9-19-31(33)37(28)38(27)32)42(30-17-7-4-8-18-30)36-22-12-24-40(36)2/h3-26H,1-2H3. The number of benzene rings is 6. The van der Waals surface area contributed by atoms with Gasteiger partial charge in [0.1, 0.15) is 11.6 Å². The van der Waals surface area contributed by atoms with Gasteiger partial charge in [0.05, 0.1) is 11.4 Å². The lowest BCUT2D eigenvalue weighted by atomic mass is 9.91. The van der Waals surface area contributed by atoms with Crippen molar-refractivity contribution in [1.29, 1.82) is 0 Å². The number of anilines is 6. The van der Waals surface area contributed by atoms with Crippen molar-refractivity contribution in [3.63, 3.8) is 0 Å². The predicted molar refractivity (Wildman–Crippen MR) is 177 cm³/mol. The summed E-state index contributed by atoms with van der Waals surface area (Å²) in [7, 11) is 4.22. The number of hydrogen-bond donors (Lipinski definition) is 0. The molecule has 0 radical (unpaired) electrons. The molecule has 0 fully saturated rings. The maximum atomic E-state index is 2.38. The molecule has 6 aromatic carbocycles. The quantitative estimate of drug-likeness (QED) is 0.194. The Labute approximate surface area is 245 Å². The van der Waals surface area contributed by atoms with E-state index in [1.165, 1.54) is 43.7 Å². The van der Waals surface area contributed by atoms with E-state index in [-0.39, 0.29) is 0 Å². The van der Waals surface area contributed by atoms with E-state index in [2.05, 4.69) is 179 Å². The van der Waals surface area contributed by atoms with Gasteiger partial charge < -0.3 is 9.13 Å². The Morgan fingerprint density at radius 1 is 0.429 bits per heavy atom. The molecule has 0 bridgehead atoms. The molecule has 0 saturated carbocycles. The van der Waals surface area contributed by atoms with Gasteiger partial charge in [0.15, 0.2) is 0 Å². The van der Waals surface area contributed by atoms with Crippen LogP contribution in [0.1, 0.15) is 0 Å². The van der Waals surface area contributed by atoms with Crippen LogP contribution in [-0.4, -0.2) is 9.13 Å². The fourth-order valence-corrected chi connectivity index (χ4v) is 6.50. The molecule has 0 saturated heterocycles. The van der Waals surface area contributed by atoms with Crippen LogP contribution in [0, 0.1) is 0 Å². The van der Waals surface area contributed by atoms with Gasteiger partial charge in [-0.05, 0) is 82.2 Å². The van der Waals surface area contributed by atoms with Crippen LogP contribution >= 0.6 is 0 Å². The summed E-state index contributed by atoms with van der Waals surface area (Å²) in [5, 5.41) is 7.50. The zero-order valence-electron chi connectivity index (χ0n) is 23.6. The van der Waals surface area contributed by atoms with E-state index in [4.69, 9.17) is 0 Å². The van der Waals surface area contributed by atoms with Crippen molar-refractivity contribution < 1.29 is 0 Å². The van der Waals surface area contributed by atoms with E-state index in [0.29, 0.717) is 0 Å². The monoisotopic (exact) mass is 542 g/mol. The Balaban J connectivity index is 1.46. The lowest BCUT2D eigenvalue weighted by Gasteiger charge is -2.30. The Kier molecular flexibility index (Phi) is 5.54. The van der Waals surface area contributed by atoms with Gasteiger partial charge in [-0.1, -0.05) is 72.8 Å². The molecular formula is C38H30N4. The van der Waals surface area contributed by atoms with Crippen LogP contribution in [0.5, 0.6) is 0 Å². The van der Waals surface area contributed by atoms with Gasteiger partial charge in [-0.15, -0.1) is 0 Å². The van der Waals surface area contributed by atoms with Gasteiger partial charge in [0.2, 0.25) is 0 Å². The number of rotatable bonds is 6. The number of aryl methyl sites for hydroxylation is 2. The Bertz CT molecular complexity index is 2010. The second kappa shape index (κ2) is 9.57. The SMILES string of the molecule is Cn1cccc1N(c1ccccc1)c1cc2cccc3c(N(c4ccccc4)c4cccn4C)cc4cccc1c4c23. The minimum absolute atomic E-state index is 1.12. The molecule has 0 aliphatic carbocycles. The van der Waals surface area contributed by atoms with E-state index in [9.17, 15) is 0 Å². The molecule has 0 aliphatic heterocycles. The van der Waals surface area contributed by atoms with Crippen molar-refractivity contribution in [3.05, 3.63) is 146 Å². The highest BCUT2D eigenvalue weighted by atomic mass is 15.2. The van der Waals surface area contributed by atoms with Crippen molar-refractivity contribution in [1.82, 2.24) is 9.13 Å². The highest BCUT2D eigenvalue weighted by Crippen LogP contribution is 2.48. The molecular weight excluding hydrogens is 512 g/mol. The van der Waals surface area contributed by atoms with E-state index in [1.807, 2.05) is 0 Å². The summed E-state index contributed by atoms with van der Waals surface area (Å²) in [4.78, 5) is 4.76. The molecule has 0 aliphatic rings. The second-order valence-corrected chi connectivity index (χ2v) is 10.9. The summed E-state index contributed by atoms with van der Waals surface area (Å²) in [5.74, 6) is 2.24. The molecule has 0 atom stereocenters. The van der Waals surface area contributed by atoms with Crippen molar-refractivity contribution in [2.75, 3.05) is 9.80 Å². The molecule has 0 unspecified atom stereocenters.